The number of amides is 2. The van der Waals surface area contributed by atoms with Gasteiger partial charge in [-0.1, -0.05) is 18.9 Å². The molecule has 3 heterocycles. The second kappa shape index (κ2) is 3.59. The van der Waals surface area contributed by atoms with Crippen LogP contribution < -0.4 is 0 Å². The number of rotatable bonds is 0. The van der Waals surface area contributed by atoms with E-state index in [4.69, 9.17) is 0 Å². The Kier molecular flexibility index (Phi) is 2.11. The Bertz CT molecular complexity index is 457. The topological polar surface area (TPSA) is 40.6 Å². The highest BCUT2D eigenvalue weighted by Gasteiger charge is 2.53. The summed E-state index contributed by atoms with van der Waals surface area (Å²) in [6.45, 7) is 0.708. The zero-order chi connectivity index (χ0) is 12.3. The molecule has 0 aromatic heterocycles. The van der Waals surface area contributed by atoms with E-state index >= 15 is 0 Å². The molecule has 4 rings (SSSR count). The molecule has 0 N–H and O–H groups in total. The molecular formula is C14H18N2O2. The largest absolute Gasteiger partial charge is 0.322 e. The van der Waals surface area contributed by atoms with Gasteiger partial charge in [0, 0.05) is 12.6 Å². The molecule has 4 aliphatic rings. The summed E-state index contributed by atoms with van der Waals surface area (Å²) in [4.78, 5) is 28.7. The summed E-state index contributed by atoms with van der Waals surface area (Å²) < 4.78 is 0. The summed E-state index contributed by atoms with van der Waals surface area (Å²) in [5.41, 5.74) is 0.655. The molecule has 4 heteroatoms. The van der Waals surface area contributed by atoms with Crippen LogP contribution in [0.3, 0.4) is 0 Å². The van der Waals surface area contributed by atoms with Crippen LogP contribution in [0.2, 0.25) is 0 Å². The van der Waals surface area contributed by atoms with Crippen molar-refractivity contribution in [3.63, 3.8) is 0 Å². The van der Waals surface area contributed by atoms with Crippen molar-refractivity contribution in [3.05, 3.63) is 11.8 Å². The van der Waals surface area contributed by atoms with Crippen molar-refractivity contribution < 1.29 is 9.59 Å². The molecule has 0 radical (unpaired) electrons. The predicted molar refractivity (Wildman–Crippen MR) is 65.4 cm³/mol. The van der Waals surface area contributed by atoms with E-state index < -0.39 is 0 Å². The van der Waals surface area contributed by atoms with Crippen LogP contribution in [0.5, 0.6) is 0 Å². The van der Waals surface area contributed by atoms with E-state index in [2.05, 4.69) is 0 Å². The van der Waals surface area contributed by atoms with Crippen LogP contribution in [0.1, 0.15) is 38.5 Å². The first-order valence-electron chi connectivity index (χ1n) is 7.11. The van der Waals surface area contributed by atoms with Crippen LogP contribution in [0.25, 0.3) is 0 Å². The van der Waals surface area contributed by atoms with Crippen LogP contribution in [0, 0.1) is 5.92 Å². The van der Waals surface area contributed by atoms with E-state index in [0.29, 0.717) is 24.2 Å². The summed E-state index contributed by atoms with van der Waals surface area (Å²) in [6, 6.07) is 0.185. The van der Waals surface area contributed by atoms with E-state index in [1.54, 1.807) is 4.90 Å². The van der Waals surface area contributed by atoms with Crippen LogP contribution in [-0.2, 0) is 9.59 Å². The quantitative estimate of drug-likeness (QED) is 0.646. The maximum atomic E-state index is 12.6. The van der Waals surface area contributed by atoms with Gasteiger partial charge in [-0.25, -0.2) is 0 Å². The summed E-state index contributed by atoms with van der Waals surface area (Å²) in [6.07, 6.45) is 8.42. The average Bonchev–Trinajstić information content (AvgIpc) is 3.00. The fourth-order valence-corrected chi connectivity index (χ4v) is 4.28. The molecule has 1 saturated carbocycles. The molecule has 0 bridgehead atoms. The van der Waals surface area contributed by atoms with Crippen LogP contribution in [0.15, 0.2) is 11.8 Å². The summed E-state index contributed by atoms with van der Waals surface area (Å²) in [7, 11) is 0. The number of fused-ring (bicyclic) bond motifs is 4. The second-order valence-corrected chi connectivity index (χ2v) is 5.94. The smallest absolute Gasteiger partial charge is 0.271 e. The third kappa shape index (κ3) is 1.21. The predicted octanol–water partition coefficient (Wildman–Crippen LogP) is 1.28. The van der Waals surface area contributed by atoms with Crippen molar-refractivity contribution in [2.24, 2.45) is 5.92 Å². The molecular weight excluding hydrogens is 228 g/mol. The van der Waals surface area contributed by atoms with E-state index in [0.717, 1.165) is 19.3 Å². The maximum absolute atomic E-state index is 12.6. The molecule has 0 aromatic rings. The molecule has 3 fully saturated rings. The number of hydrogen-bond donors (Lipinski definition) is 0. The molecule has 2 saturated heterocycles. The lowest BCUT2D eigenvalue weighted by Gasteiger charge is -2.39. The summed E-state index contributed by atoms with van der Waals surface area (Å²) in [5.74, 6) is 0.858. The van der Waals surface area contributed by atoms with Crippen molar-refractivity contribution >= 4 is 11.8 Å². The SMILES string of the molecule is O=C1[C@H]2C[C@@H]3CCCC[C@@H]3N2C(=O)C2=CCCN12. The monoisotopic (exact) mass is 246 g/mol. The van der Waals surface area contributed by atoms with E-state index in [1.165, 1.54) is 19.3 Å². The number of piperazine rings is 1. The lowest BCUT2D eigenvalue weighted by molar-refractivity contribution is -0.150. The Hall–Kier alpha value is -1.32. The Morgan fingerprint density at radius 3 is 2.89 bits per heavy atom. The molecule has 4 nitrogen and oxygen atoms in total. The van der Waals surface area contributed by atoms with Crippen molar-refractivity contribution in [2.75, 3.05) is 6.54 Å². The van der Waals surface area contributed by atoms with Crippen LogP contribution in [0.4, 0.5) is 0 Å². The van der Waals surface area contributed by atoms with Crippen molar-refractivity contribution in [3.8, 4) is 0 Å². The fraction of sp³-hybridized carbons (Fsp3) is 0.714. The summed E-state index contributed by atoms with van der Waals surface area (Å²) >= 11 is 0. The molecule has 18 heavy (non-hydrogen) atoms. The maximum Gasteiger partial charge on any atom is 0.271 e. The van der Waals surface area contributed by atoms with Gasteiger partial charge in [0.1, 0.15) is 11.7 Å². The molecule has 1 aliphatic carbocycles. The molecule has 3 aliphatic heterocycles. The van der Waals surface area contributed by atoms with Crippen molar-refractivity contribution in [1.29, 1.82) is 0 Å². The molecule has 0 unspecified atom stereocenters. The second-order valence-electron chi connectivity index (χ2n) is 5.94. The third-order valence-electron chi connectivity index (χ3n) is 5.07. The van der Waals surface area contributed by atoms with E-state index in [1.807, 2.05) is 11.0 Å². The standard InChI is InChI=1S/C14H18N2O2/c17-13-12-8-9-4-1-2-5-10(9)16(12)14(18)11-6-3-7-15(11)13/h6,9-10,12H,1-5,7-8H2/t9-,10-,12+/m0/s1. The Labute approximate surface area is 107 Å². The van der Waals surface area contributed by atoms with Gasteiger partial charge in [0.25, 0.3) is 5.91 Å². The number of nitrogens with zero attached hydrogens (tertiary/aromatic N) is 2. The molecule has 0 aromatic carbocycles. The number of carbonyl (C=O) groups is 2. The lowest BCUT2D eigenvalue weighted by Crippen LogP contribution is -2.57. The Morgan fingerprint density at radius 1 is 1.17 bits per heavy atom. The lowest BCUT2D eigenvalue weighted by atomic mass is 9.85. The van der Waals surface area contributed by atoms with Gasteiger partial charge < -0.3 is 9.80 Å². The summed E-state index contributed by atoms with van der Waals surface area (Å²) in [5, 5.41) is 0. The zero-order valence-corrected chi connectivity index (χ0v) is 10.5. The molecule has 2 amide bonds. The Morgan fingerprint density at radius 2 is 2.00 bits per heavy atom. The van der Waals surface area contributed by atoms with Crippen molar-refractivity contribution in [1.82, 2.24) is 9.80 Å². The highest BCUT2D eigenvalue weighted by molar-refractivity contribution is 6.05. The first-order chi connectivity index (χ1) is 8.77. The first-order valence-corrected chi connectivity index (χ1v) is 7.11. The molecule has 0 spiro atoms. The molecule has 96 valence electrons. The zero-order valence-electron chi connectivity index (χ0n) is 10.5. The van der Waals surface area contributed by atoms with Gasteiger partial charge >= 0.3 is 0 Å². The van der Waals surface area contributed by atoms with Gasteiger partial charge in [0.15, 0.2) is 0 Å². The van der Waals surface area contributed by atoms with Gasteiger partial charge in [-0.15, -0.1) is 0 Å². The minimum Gasteiger partial charge on any atom is -0.322 e. The van der Waals surface area contributed by atoms with Gasteiger partial charge in [-0.2, -0.15) is 0 Å². The minimum absolute atomic E-state index is 0.117. The highest BCUT2D eigenvalue weighted by Crippen LogP contribution is 2.43. The first kappa shape index (κ1) is 10.6. The van der Waals surface area contributed by atoms with E-state index in [9.17, 15) is 9.59 Å². The van der Waals surface area contributed by atoms with Gasteiger partial charge in [-0.05, 0) is 31.6 Å². The normalized spacial score (nSPS) is 38.4. The van der Waals surface area contributed by atoms with Gasteiger partial charge in [0.05, 0.1) is 0 Å². The van der Waals surface area contributed by atoms with Crippen LogP contribution in [-0.4, -0.2) is 40.2 Å². The average molecular weight is 246 g/mol. The Balaban J connectivity index is 1.73. The van der Waals surface area contributed by atoms with Crippen molar-refractivity contribution in [2.45, 2.75) is 50.6 Å². The number of carbonyl (C=O) groups excluding carboxylic acids is 2. The number of hydrogen-bond acceptors (Lipinski definition) is 2. The van der Waals surface area contributed by atoms with E-state index in [-0.39, 0.29) is 17.9 Å². The fourth-order valence-electron chi connectivity index (χ4n) is 4.28. The molecule has 3 atom stereocenters. The van der Waals surface area contributed by atoms with Gasteiger partial charge in [0.2, 0.25) is 5.91 Å². The minimum atomic E-state index is -0.152. The highest BCUT2D eigenvalue weighted by atomic mass is 16.2. The third-order valence-corrected chi connectivity index (χ3v) is 5.07. The van der Waals surface area contributed by atoms with Crippen LogP contribution >= 0.6 is 0 Å². The van der Waals surface area contributed by atoms with Gasteiger partial charge in [-0.3, -0.25) is 9.59 Å².